The molecular formula is C7H7NO3. The molecule has 0 saturated heterocycles. The maximum absolute atomic E-state index is 10.8. The van der Waals surface area contributed by atoms with Crippen molar-refractivity contribution < 1.29 is 14.7 Å². The summed E-state index contributed by atoms with van der Waals surface area (Å²) in [5.74, 6) is -2.83. The Kier molecular flexibility index (Phi) is 1.85. The van der Waals surface area contributed by atoms with Crippen molar-refractivity contribution in [2.45, 2.75) is 6.92 Å². The summed E-state index contributed by atoms with van der Waals surface area (Å²) in [4.78, 5) is 24.7. The fraction of sp³-hybridized carbons (Fsp3) is 0.286. The third kappa shape index (κ3) is 1.52. The number of amides is 1. The van der Waals surface area contributed by atoms with Crippen molar-refractivity contribution in [2.75, 3.05) is 0 Å². The Morgan fingerprint density at radius 1 is 1.73 bits per heavy atom. The molecule has 1 aliphatic heterocycles. The molecule has 1 aliphatic rings. The second-order valence-electron chi connectivity index (χ2n) is 2.27. The van der Waals surface area contributed by atoms with E-state index in [2.05, 4.69) is 4.99 Å². The normalized spacial score (nSPS) is 23.2. The fourth-order valence-electron chi connectivity index (χ4n) is 0.786. The summed E-state index contributed by atoms with van der Waals surface area (Å²) in [6, 6.07) is 0. The third-order valence-corrected chi connectivity index (χ3v) is 1.35. The molecule has 0 fully saturated rings. The van der Waals surface area contributed by atoms with E-state index >= 15 is 0 Å². The summed E-state index contributed by atoms with van der Waals surface area (Å²) in [6.45, 7) is 1.65. The van der Waals surface area contributed by atoms with E-state index in [1.54, 1.807) is 6.92 Å². The maximum atomic E-state index is 10.8. The number of rotatable bonds is 1. The van der Waals surface area contributed by atoms with Gasteiger partial charge in [-0.1, -0.05) is 6.08 Å². The zero-order chi connectivity index (χ0) is 8.43. The van der Waals surface area contributed by atoms with Crippen LogP contribution in [0.4, 0.5) is 0 Å². The molecule has 58 valence electrons. The summed E-state index contributed by atoms with van der Waals surface area (Å²) in [5, 5.41) is 8.45. The lowest BCUT2D eigenvalue weighted by atomic mass is 10.1. The van der Waals surface area contributed by atoms with Crippen molar-refractivity contribution in [1.82, 2.24) is 0 Å². The molecule has 0 radical (unpaired) electrons. The number of aliphatic carboxylic acids is 1. The Morgan fingerprint density at radius 2 is 2.36 bits per heavy atom. The molecule has 0 spiro atoms. The zero-order valence-corrected chi connectivity index (χ0v) is 5.94. The summed E-state index contributed by atoms with van der Waals surface area (Å²) in [7, 11) is 0. The molecule has 0 aromatic carbocycles. The summed E-state index contributed by atoms with van der Waals surface area (Å²) < 4.78 is 0. The van der Waals surface area contributed by atoms with Crippen LogP contribution in [-0.2, 0) is 9.59 Å². The van der Waals surface area contributed by atoms with E-state index in [-0.39, 0.29) is 0 Å². The molecule has 0 unspecified atom stereocenters. The second kappa shape index (κ2) is 2.65. The molecule has 4 nitrogen and oxygen atoms in total. The summed E-state index contributed by atoms with van der Waals surface area (Å²) in [6.07, 6.45) is 2.87. The number of nitrogens with zero attached hydrogens (tertiary/aromatic N) is 1. The van der Waals surface area contributed by atoms with Crippen LogP contribution in [0.2, 0.25) is 0 Å². The van der Waals surface area contributed by atoms with Crippen LogP contribution in [0.3, 0.4) is 0 Å². The number of allylic oxidation sites excluding steroid dienone is 1. The van der Waals surface area contributed by atoms with Gasteiger partial charge in [-0.15, -0.1) is 0 Å². The number of dihydropyridines is 1. The van der Waals surface area contributed by atoms with Crippen molar-refractivity contribution >= 4 is 17.6 Å². The average molecular weight is 153 g/mol. The van der Waals surface area contributed by atoms with Crippen molar-refractivity contribution in [3.63, 3.8) is 0 Å². The van der Waals surface area contributed by atoms with E-state index in [0.717, 1.165) is 0 Å². The van der Waals surface area contributed by atoms with Gasteiger partial charge in [0.1, 0.15) is 0 Å². The first-order valence-corrected chi connectivity index (χ1v) is 3.11. The van der Waals surface area contributed by atoms with Crippen LogP contribution < -0.4 is 0 Å². The van der Waals surface area contributed by atoms with Crippen LogP contribution >= 0.6 is 0 Å². The number of hydrogen-bond acceptors (Lipinski definition) is 2. The SMILES string of the molecule is CC1=NC(=O)[C@H](C(=O)O)C=C1. The molecule has 1 atom stereocenters. The molecule has 1 amide bonds. The average Bonchev–Trinajstić information content (AvgIpc) is 1.85. The standard InChI is InChI=1S/C7H7NO3/c1-4-2-3-5(7(10)11)6(9)8-4/h2-3,5H,1H3,(H,10,11)/t5-/m1/s1. The molecule has 0 aromatic heterocycles. The van der Waals surface area contributed by atoms with Crippen molar-refractivity contribution in [2.24, 2.45) is 10.9 Å². The topological polar surface area (TPSA) is 66.7 Å². The van der Waals surface area contributed by atoms with Gasteiger partial charge < -0.3 is 5.11 Å². The second-order valence-corrected chi connectivity index (χ2v) is 2.27. The number of carbonyl (C=O) groups is 2. The number of carbonyl (C=O) groups excluding carboxylic acids is 1. The lowest BCUT2D eigenvalue weighted by Crippen LogP contribution is -2.23. The minimum atomic E-state index is -1.15. The highest BCUT2D eigenvalue weighted by Gasteiger charge is 2.24. The third-order valence-electron chi connectivity index (χ3n) is 1.35. The first-order valence-electron chi connectivity index (χ1n) is 3.11. The van der Waals surface area contributed by atoms with Crippen LogP contribution in [0.1, 0.15) is 6.92 Å². The molecule has 0 saturated carbocycles. The lowest BCUT2D eigenvalue weighted by Gasteiger charge is -2.06. The quantitative estimate of drug-likeness (QED) is 0.549. The van der Waals surface area contributed by atoms with Crippen LogP contribution in [0, 0.1) is 5.92 Å². The molecule has 1 heterocycles. The molecular weight excluding hydrogens is 146 g/mol. The molecule has 1 rings (SSSR count). The minimum Gasteiger partial charge on any atom is -0.480 e. The Hall–Kier alpha value is -1.45. The molecule has 1 N–H and O–H groups in total. The van der Waals surface area contributed by atoms with Gasteiger partial charge in [0.15, 0.2) is 5.92 Å². The van der Waals surface area contributed by atoms with Gasteiger partial charge in [0.05, 0.1) is 0 Å². The van der Waals surface area contributed by atoms with Crippen LogP contribution in [0.5, 0.6) is 0 Å². The molecule has 4 heteroatoms. The number of carboxylic acids is 1. The fourth-order valence-corrected chi connectivity index (χ4v) is 0.786. The van der Waals surface area contributed by atoms with E-state index < -0.39 is 17.8 Å². The van der Waals surface area contributed by atoms with E-state index in [9.17, 15) is 9.59 Å². The summed E-state index contributed by atoms with van der Waals surface area (Å²) >= 11 is 0. The van der Waals surface area contributed by atoms with E-state index in [0.29, 0.717) is 5.71 Å². The maximum Gasteiger partial charge on any atom is 0.320 e. The Morgan fingerprint density at radius 3 is 2.82 bits per heavy atom. The largest absolute Gasteiger partial charge is 0.480 e. The van der Waals surface area contributed by atoms with Crippen LogP contribution in [-0.4, -0.2) is 22.7 Å². The molecule has 0 aliphatic carbocycles. The Labute approximate surface area is 63.2 Å². The van der Waals surface area contributed by atoms with Crippen LogP contribution in [0.25, 0.3) is 0 Å². The van der Waals surface area contributed by atoms with Crippen molar-refractivity contribution in [3.05, 3.63) is 12.2 Å². The highest BCUT2D eigenvalue weighted by molar-refractivity contribution is 6.10. The highest BCUT2D eigenvalue weighted by Crippen LogP contribution is 2.07. The zero-order valence-electron chi connectivity index (χ0n) is 5.94. The van der Waals surface area contributed by atoms with Crippen LogP contribution in [0.15, 0.2) is 17.1 Å². The number of aliphatic imine (C=N–C) groups is 1. The predicted octanol–water partition coefficient (Wildman–Crippen LogP) is 0.244. The first kappa shape index (κ1) is 7.65. The molecule has 11 heavy (non-hydrogen) atoms. The monoisotopic (exact) mass is 153 g/mol. The number of hydrogen-bond donors (Lipinski definition) is 1. The first-order chi connectivity index (χ1) is 5.11. The Balaban J connectivity index is 2.86. The van der Waals surface area contributed by atoms with E-state index in [4.69, 9.17) is 5.11 Å². The smallest absolute Gasteiger partial charge is 0.320 e. The minimum absolute atomic E-state index is 0.549. The van der Waals surface area contributed by atoms with E-state index in [1.807, 2.05) is 0 Å². The highest BCUT2D eigenvalue weighted by atomic mass is 16.4. The van der Waals surface area contributed by atoms with Gasteiger partial charge in [-0.05, 0) is 13.0 Å². The summed E-state index contributed by atoms with van der Waals surface area (Å²) in [5.41, 5.74) is 0.549. The van der Waals surface area contributed by atoms with Gasteiger partial charge >= 0.3 is 5.97 Å². The van der Waals surface area contributed by atoms with Gasteiger partial charge in [0.2, 0.25) is 0 Å². The Bertz CT molecular complexity index is 265. The number of carboxylic acid groups (broad SMARTS) is 1. The van der Waals surface area contributed by atoms with Gasteiger partial charge in [-0.25, -0.2) is 4.99 Å². The van der Waals surface area contributed by atoms with Gasteiger partial charge in [0.25, 0.3) is 5.91 Å². The van der Waals surface area contributed by atoms with Crippen molar-refractivity contribution in [3.8, 4) is 0 Å². The molecule has 0 aromatic rings. The van der Waals surface area contributed by atoms with Crippen molar-refractivity contribution in [1.29, 1.82) is 0 Å². The lowest BCUT2D eigenvalue weighted by molar-refractivity contribution is -0.143. The van der Waals surface area contributed by atoms with Gasteiger partial charge in [0, 0.05) is 5.71 Å². The van der Waals surface area contributed by atoms with E-state index in [1.165, 1.54) is 12.2 Å². The van der Waals surface area contributed by atoms with Gasteiger partial charge in [-0.2, -0.15) is 0 Å². The van der Waals surface area contributed by atoms with Gasteiger partial charge in [-0.3, -0.25) is 9.59 Å². The predicted molar refractivity (Wildman–Crippen MR) is 38.4 cm³/mol. The molecule has 0 bridgehead atoms.